The fraction of sp³-hybridized carbons (Fsp3) is 0.300. The molecule has 1 rings (SSSR count). The van der Waals surface area contributed by atoms with Gasteiger partial charge in [-0.25, -0.2) is 9.18 Å². The van der Waals surface area contributed by atoms with Crippen molar-refractivity contribution in [2.24, 2.45) is 0 Å². The summed E-state index contributed by atoms with van der Waals surface area (Å²) in [6.45, 7) is 2.55. The van der Waals surface area contributed by atoms with E-state index in [4.69, 9.17) is 0 Å². The lowest BCUT2D eigenvalue weighted by Gasteiger charge is -2.08. The molecule has 1 aromatic carbocycles. The molecule has 0 aliphatic heterocycles. The van der Waals surface area contributed by atoms with Crippen LogP contribution in [0.15, 0.2) is 22.7 Å². The molecule has 0 unspecified atom stereocenters. The minimum absolute atomic E-state index is 0.330. The molecule has 82 valence electrons. The molecule has 0 heterocycles. The lowest BCUT2D eigenvalue weighted by Crippen LogP contribution is -2.29. The SMILES string of the molecule is CCCNC(=O)Nc1cc(F)ccc1Br. The maximum Gasteiger partial charge on any atom is 0.319 e. The zero-order valence-electron chi connectivity index (χ0n) is 8.31. The van der Waals surface area contributed by atoms with Gasteiger partial charge in [-0.1, -0.05) is 6.92 Å². The van der Waals surface area contributed by atoms with Crippen LogP contribution in [0, 0.1) is 5.82 Å². The van der Waals surface area contributed by atoms with Crippen LogP contribution in [0.4, 0.5) is 14.9 Å². The highest BCUT2D eigenvalue weighted by molar-refractivity contribution is 9.10. The van der Waals surface area contributed by atoms with Gasteiger partial charge in [0.15, 0.2) is 0 Å². The molecule has 0 fully saturated rings. The number of hydrogen-bond acceptors (Lipinski definition) is 1. The normalized spacial score (nSPS) is 9.80. The van der Waals surface area contributed by atoms with Crippen LogP contribution >= 0.6 is 15.9 Å². The van der Waals surface area contributed by atoms with Gasteiger partial charge in [-0.2, -0.15) is 0 Å². The van der Waals surface area contributed by atoms with Gasteiger partial charge in [-0.3, -0.25) is 0 Å². The van der Waals surface area contributed by atoms with E-state index in [2.05, 4.69) is 26.6 Å². The lowest BCUT2D eigenvalue weighted by atomic mass is 10.3. The van der Waals surface area contributed by atoms with Crippen LogP contribution in [0.25, 0.3) is 0 Å². The number of amides is 2. The summed E-state index contributed by atoms with van der Waals surface area (Å²) in [4.78, 5) is 11.3. The molecule has 5 heteroatoms. The molecular weight excluding hydrogens is 263 g/mol. The van der Waals surface area contributed by atoms with Gasteiger partial charge in [0.1, 0.15) is 5.82 Å². The number of hydrogen-bond donors (Lipinski definition) is 2. The summed E-state index contributed by atoms with van der Waals surface area (Å²) < 4.78 is 13.5. The van der Waals surface area contributed by atoms with E-state index in [1.54, 1.807) is 6.07 Å². The fourth-order valence-corrected chi connectivity index (χ4v) is 1.34. The summed E-state index contributed by atoms with van der Waals surface area (Å²) in [6, 6.07) is 3.79. The molecule has 2 amide bonds. The molecule has 0 atom stereocenters. The Morgan fingerprint density at radius 3 is 2.93 bits per heavy atom. The first-order chi connectivity index (χ1) is 7.13. The van der Waals surface area contributed by atoms with E-state index in [0.29, 0.717) is 16.7 Å². The minimum Gasteiger partial charge on any atom is -0.338 e. The molecule has 2 N–H and O–H groups in total. The van der Waals surface area contributed by atoms with Crippen LogP contribution in [0.3, 0.4) is 0 Å². The first-order valence-electron chi connectivity index (χ1n) is 4.63. The third-order valence-electron chi connectivity index (χ3n) is 1.71. The topological polar surface area (TPSA) is 41.1 Å². The number of halogens is 2. The predicted octanol–water partition coefficient (Wildman–Crippen LogP) is 3.12. The third-order valence-corrected chi connectivity index (χ3v) is 2.40. The van der Waals surface area contributed by atoms with Crippen molar-refractivity contribution in [2.75, 3.05) is 11.9 Å². The molecule has 0 aliphatic rings. The van der Waals surface area contributed by atoms with Crippen molar-refractivity contribution in [1.82, 2.24) is 5.32 Å². The standard InChI is InChI=1S/C10H12BrFN2O/c1-2-5-13-10(15)14-9-6-7(12)3-4-8(9)11/h3-4,6H,2,5H2,1H3,(H2,13,14,15). The van der Waals surface area contributed by atoms with Crippen LogP contribution in [0.2, 0.25) is 0 Å². The lowest BCUT2D eigenvalue weighted by molar-refractivity contribution is 0.252. The van der Waals surface area contributed by atoms with Crippen molar-refractivity contribution in [3.05, 3.63) is 28.5 Å². The van der Waals surface area contributed by atoms with E-state index in [1.165, 1.54) is 12.1 Å². The predicted molar refractivity (Wildman–Crippen MR) is 61.4 cm³/mol. The van der Waals surface area contributed by atoms with E-state index in [0.717, 1.165) is 6.42 Å². The van der Waals surface area contributed by atoms with Gasteiger partial charge in [0.2, 0.25) is 0 Å². The fourth-order valence-electron chi connectivity index (χ4n) is 0.998. The first kappa shape index (κ1) is 12.0. The molecule has 3 nitrogen and oxygen atoms in total. The largest absolute Gasteiger partial charge is 0.338 e. The zero-order chi connectivity index (χ0) is 11.3. The highest BCUT2D eigenvalue weighted by Crippen LogP contribution is 2.22. The minimum atomic E-state index is -0.385. The van der Waals surface area contributed by atoms with E-state index in [-0.39, 0.29) is 11.8 Å². The van der Waals surface area contributed by atoms with Crippen LogP contribution in [-0.4, -0.2) is 12.6 Å². The third kappa shape index (κ3) is 3.87. The van der Waals surface area contributed by atoms with Gasteiger partial charge in [-0.15, -0.1) is 0 Å². The monoisotopic (exact) mass is 274 g/mol. The summed E-state index contributed by atoms with van der Waals surface area (Å²) in [5.74, 6) is -0.385. The summed E-state index contributed by atoms with van der Waals surface area (Å²) in [7, 11) is 0. The quantitative estimate of drug-likeness (QED) is 0.874. The molecule has 0 aliphatic carbocycles. The molecule has 0 spiro atoms. The summed E-state index contributed by atoms with van der Waals surface area (Å²) in [5.41, 5.74) is 0.420. The Morgan fingerprint density at radius 1 is 1.53 bits per heavy atom. The molecule has 0 aromatic heterocycles. The van der Waals surface area contributed by atoms with Gasteiger partial charge in [0.05, 0.1) is 5.69 Å². The maximum absolute atomic E-state index is 12.9. The van der Waals surface area contributed by atoms with Crippen LogP contribution in [-0.2, 0) is 0 Å². The number of anilines is 1. The Labute approximate surface area is 96.2 Å². The number of urea groups is 1. The van der Waals surface area contributed by atoms with Gasteiger partial charge in [0, 0.05) is 11.0 Å². The second-order valence-electron chi connectivity index (χ2n) is 3.01. The van der Waals surface area contributed by atoms with Gasteiger partial charge < -0.3 is 10.6 Å². The molecule has 15 heavy (non-hydrogen) atoms. The van der Waals surface area contributed by atoms with E-state index >= 15 is 0 Å². The number of benzene rings is 1. The van der Waals surface area contributed by atoms with Gasteiger partial charge in [0.25, 0.3) is 0 Å². The highest BCUT2D eigenvalue weighted by Gasteiger charge is 2.05. The van der Waals surface area contributed by atoms with Crippen molar-refractivity contribution in [1.29, 1.82) is 0 Å². The molecule has 0 bridgehead atoms. The van der Waals surface area contributed by atoms with Crippen LogP contribution in [0.1, 0.15) is 13.3 Å². The summed E-state index contributed by atoms with van der Waals surface area (Å²) in [5, 5.41) is 5.18. The Bertz CT molecular complexity index is 357. The van der Waals surface area contributed by atoms with Crippen molar-refractivity contribution in [2.45, 2.75) is 13.3 Å². The summed E-state index contributed by atoms with van der Waals surface area (Å²) in [6.07, 6.45) is 0.859. The highest BCUT2D eigenvalue weighted by atomic mass is 79.9. The second-order valence-corrected chi connectivity index (χ2v) is 3.86. The van der Waals surface area contributed by atoms with Crippen molar-refractivity contribution in [3.8, 4) is 0 Å². The van der Waals surface area contributed by atoms with Gasteiger partial charge in [-0.05, 0) is 40.5 Å². The van der Waals surface area contributed by atoms with E-state index < -0.39 is 0 Å². The summed E-state index contributed by atoms with van der Waals surface area (Å²) >= 11 is 3.22. The smallest absolute Gasteiger partial charge is 0.319 e. The number of carbonyl (C=O) groups excluding carboxylic acids is 1. The van der Waals surface area contributed by atoms with Crippen molar-refractivity contribution < 1.29 is 9.18 Å². The molecule has 0 saturated heterocycles. The number of carbonyl (C=O) groups is 1. The Hall–Kier alpha value is -1.10. The van der Waals surface area contributed by atoms with Gasteiger partial charge >= 0.3 is 6.03 Å². The van der Waals surface area contributed by atoms with Crippen LogP contribution < -0.4 is 10.6 Å². The number of rotatable bonds is 3. The van der Waals surface area contributed by atoms with Crippen LogP contribution in [0.5, 0.6) is 0 Å². The van der Waals surface area contributed by atoms with E-state index in [1.807, 2.05) is 6.92 Å². The maximum atomic E-state index is 12.9. The second kappa shape index (κ2) is 5.70. The van der Waals surface area contributed by atoms with E-state index in [9.17, 15) is 9.18 Å². The van der Waals surface area contributed by atoms with Crippen molar-refractivity contribution in [3.63, 3.8) is 0 Å². The Balaban J connectivity index is 2.63. The first-order valence-corrected chi connectivity index (χ1v) is 5.42. The average Bonchev–Trinajstić information content (AvgIpc) is 2.20. The van der Waals surface area contributed by atoms with Crippen molar-refractivity contribution >= 4 is 27.6 Å². The average molecular weight is 275 g/mol. The molecule has 1 aromatic rings. The Kier molecular flexibility index (Phi) is 4.55. The Morgan fingerprint density at radius 2 is 2.27 bits per heavy atom. The number of nitrogens with one attached hydrogen (secondary N) is 2. The molecule has 0 saturated carbocycles. The zero-order valence-corrected chi connectivity index (χ0v) is 9.90. The molecular formula is C10H12BrFN2O. The molecule has 0 radical (unpaired) electrons.